The lowest BCUT2D eigenvalue weighted by atomic mass is 10.1. The standard InChI is InChI=1S/C14H12O3S/c1-16-14(15)12-8-9-6-7-17-11-5-3-2-4-10(11)13(9)18-12/h2-5,8H,6-7H2,1H3. The lowest BCUT2D eigenvalue weighted by molar-refractivity contribution is 0.0606. The number of rotatable bonds is 1. The quantitative estimate of drug-likeness (QED) is 0.739. The average Bonchev–Trinajstić information content (AvgIpc) is 2.75. The first-order chi connectivity index (χ1) is 8.79. The van der Waals surface area contributed by atoms with Crippen molar-refractivity contribution in [3.8, 4) is 16.2 Å². The summed E-state index contributed by atoms with van der Waals surface area (Å²) in [4.78, 5) is 13.4. The Balaban J connectivity index is 2.15. The second-order valence-electron chi connectivity index (χ2n) is 4.05. The van der Waals surface area contributed by atoms with Crippen molar-refractivity contribution < 1.29 is 14.3 Å². The average molecular weight is 260 g/mol. The fourth-order valence-electron chi connectivity index (χ4n) is 2.09. The van der Waals surface area contributed by atoms with Gasteiger partial charge in [0.15, 0.2) is 0 Å². The molecule has 0 fully saturated rings. The first-order valence-corrected chi connectivity index (χ1v) is 6.54. The summed E-state index contributed by atoms with van der Waals surface area (Å²) in [5.74, 6) is 0.612. The lowest BCUT2D eigenvalue weighted by Gasteiger charge is -2.05. The Morgan fingerprint density at radius 2 is 2.22 bits per heavy atom. The molecule has 1 aromatic carbocycles. The van der Waals surface area contributed by atoms with Gasteiger partial charge < -0.3 is 9.47 Å². The van der Waals surface area contributed by atoms with Gasteiger partial charge in [0.05, 0.1) is 13.7 Å². The first-order valence-electron chi connectivity index (χ1n) is 5.73. The Bertz CT molecular complexity index is 601. The van der Waals surface area contributed by atoms with Crippen LogP contribution in [0.5, 0.6) is 5.75 Å². The Morgan fingerprint density at radius 3 is 3.06 bits per heavy atom. The number of fused-ring (bicyclic) bond motifs is 3. The zero-order valence-corrected chi connectivity index (χ0v) is 10.8. The molecule has 0 amide bonds. The van der Waals surface area contributed by atoms with Crippen LogP contribution in [0.25, 0.3) is 10.4 Å². The van der Waals surface area contributed by atoms with E-state index in [0.29, 0.717) is 11.5 Å². The van der Waals surface area contributed by atoms with Crippen molar-refractivity contribution in [3.05, 3.63) is 40.8 Å². The molecule has 0 N–H and O–H groups in total. The summed E-state index contributed by atoms with van der Waals surface area (Å²) in [6, 6.07) is 9.84. The van der Waals surface area contributed by atoms with Crippen LogP contribution < -0.4 is 4.74 Å². The molecule has 18 heavy (non-hydrogen) atoms. The molecule has 0 saturated carbocycles. The van der Waals surface area contributed by atoms with Gasteiger partial charge in [-0.1, -0.05) is 12.1 Å². The second kappa shape index (κ2) is 4.46. The number of carbonyl (C=O) groups is 1. The van der Waals surface area contributed by atoms with Crippen LogP contribution in [0.15, 0.2) is 30.3 Å². The molecule has 0 atom stereocenters. The van der Waals surface area contributed by atoms with Crippen molar-refractivity contribution in [1.82, 2.24) is 0 Å². The fraction of sp³-hybridized carbons (Fsp3) is 0.214. The monoisotopic (exact) mass is 260 g/mol. The molecule has 0 unspecified atom stereocenters. The van der Waals surface area contributed by atoms with Crippen LogP contribution >= 0.6 is 11.3 Å². The molecule has 0 spiro atoms. The molecule has 92 valence electrons. The smallest absolute Gasteiger partial charge is 0.348 e. The number of hydrogen-bond acceptors (Lipinski definition) is 4. The predicted octanol–water partition coefficient (Wildman–Crippen LogP) is 3.14. The molecule has 0 radical (unpaired) electrons. The van der Waals surface area contributed by atoms with Gasteiger partial charge in [-0.15, -0.1) is 11.3 Å². The van der Waals surface area contributed by atoms with Crippen LogP contribution in [-0.4, -0.2) is 19.7 Å². The highest BCUT2D eigenvalue weighted by atomic mass is 32.1. The zero-order valence-electron chi connectivity index (χ0n) is 9.93. The largest absolute Gasteiger partial charge is 0.493 e. The highest BCUT2D eigenvalue weighted by molar-refractivity contribution is 7.17. The molecular formula is C14H12O3S. The van der Waals surface area contributed by atoms with Gasteiger partial charge in [0.1, 0.15) is 10.6 Å². The summed E-state index contributed by atoms with van der Waals surface area (Å²) in [5, 5.41) is 0. The van der Waals surface area contributed by atoms with Crippen molar-refractivity contribution in [2.45, 2.75) is 6.42 Å². The van der Waals surface area contributed by atoms with Gasteiger partial charge in [0.2, 0.25) is 0 Å². The van der Waals surface area contributed by atoms with Crippen LogP contribution in [0.1, 0.15) is 15.2 Å². The van der Waals surface area contributed by atoms with E-state index in [1.165, 1.54) is 18.4 Å². The minimum atomic E-state index is -0.272. The van der Waals surface area contributed by atoms with Crippen molar-refractivity contribution in [3.63, 3.8) is 0 Å². The van der Waals surface area contributed by atoms with E-state index in [2.05, 4.69) is 0 Å². The van der Waals surface area contributed by atoms with Crippen LogP contribution in [-0.2, 0) is 11.2 Å². The van der Waals surface area contributed by atoms with E-state index in [1.807, 2.05) is 30.3 Å². The summed E-state index contributed by atoms with van der Waals surface area (Å²) in [6.07, 6.45) is 0.817. The van der Waals surface area contributed by atoms with Gasteiger partial charge in [0, 0.05) is 16.9 Å². The number of hydrogen-bond donors (Lipinski definition) is 0. The molecule has 0 saturated heterocycles. The molecule has 2 aromatic rings. The van der Waals surface area contributed by atoms with Crippen LogP contribution in [0.4, 0.5) is 0 Å². The number of methoxy groups -OCH3 is 1. The lowest BCUT2D eigenvalue weighted by Crippen LogP contribution is -1.99. The minimum absolute atomic E-state index is 0.272. The number of benzene rings is 1. The topological polar surface area (TPSA) is 35.5 Å². The maximum absolute atomic E-state index is 11.6. The molecule has 0 aliphatic carbocycles. The molecule has 4 heteroatoms. The van der Waals surface area contributed by atoms with E-state index in [4.69, 9.17) is 9.47 Å². The normalized spacial score (nSPS) is 12.9. The van der Waals surface area contributed by atoms with E-state index in [0.717, 1.165) is 28.2 Å². The first kappa shape index (κ1) is 11.3. The molecule has 1 aliphatic rings. The third-order valence-corrected chi connectivity index (χ3v) is 4.15. The van der Waals surface area contributed by atoms with Gasteiger partial charge in [-0.25, -0.2) is 4.79 Å². The van der Waals surface area contributed by atoms with Gasteiger partial charge in [-0.3, -0.25) is 0 Å². The van der Waals surface area contributed by atoms with Crippen molar-refractivity contribution in [2.24, 2.45) is 0 Å². The van der Waals surface area contributed by atoms with E-state index < -0.39 is 0 Å². The number of ether oxygens (including phenoxy) is 2. The van der Waals surface area contributed by atoms with Gasteiger partial charge in [-0.2, -0.15) is 0 Å². The highest BCUT2D eigenvalue weighted by Crippen LogP contribution is 2.40. The molecule has 2 heterocycles. The maximum atomic E-state index is 11.6. The summed E-state index contributed by atoms with van der Waals surface area (Å²) >= 11 is 1.47. The van der Waals surface area contributed by atoms with Crippen molar-refractivity contribution in [1.29, 1.82) is 0 Å². The van der Waals surface area contributed by atoms with E-state index in [-0.39, 0.29) is 5.97 Å². The Kier molecular flexibility index (Phi) is 2.80. The molecular weight excluding hydrogens is 248 g/mol. The van der Waals surface area contributed by atoms with Crippen LogP contribution in [0.3, 0.4) is 0 Å². The van der Waals surface area contributed by atoms with E-state index >= 15 is 0 Å². The zero-order chi connectivity index (χ0) is 12.5. The van der Waals surface area contributed by atoms with Crippen LogP contribution in [0, 0.1) is 0 Å². The van der Waals surface area contributed by atoms with E-state index in [1.54, 1.807) is 0 Å². The van der Waals surface area contributed by atoms with Gasteiger partial charge in [0.25, 0.3) is 0 Å². The summed E-state index contributed by atoms with van der Waals surface area (Å²) in [6.45, 7) is 0.640. The summed E-state index contributed by atoms with van der Waals surface area (Å²) < 4.78 is 10.5. The van der Waals surface area contributed by atoms with Gasteiger partial charge in [-0.05, 0) is 23.8 Å². The summed E-state index contributed by atoms with van der Waals surface area (Å²) in [5.41, 5.74) is 2.22. The fourth-order valence-corrected chi connectivity index (χ4v) is 3.25. The second-order valence-corrected chi connectivity index (χ2v) is 5.10. The maximum Gasteiger partial charge on any atom is 0.348 e. The Morgan fingerprint density at radius 1 is 1.39 bits per heavy atom. The van der Waals surface area contributed by atoms with Crippen molar-refractivity contribution >= 4 is 17.3 Å². The SMILES string of the molecule is COC(=O)c1cc2c(s1)-c1ccccc1OCC2. The predicted molar refractivity (Wildman–Crippen MR) is 70.3 cm³/mol. The molecule has 3 nitrogen and oxygen atoms in total. The highest BCUT2D eigenvalue weighted by Gasteiger charge is 2.20. The van der Waals surface area contributed by atoms with Crippen LogP contribution in [0.2, 0.25) is 0 Å². The Hall–Kier alpha value is -1.81. The summed E-state index contributed by atoms with van der Waals surface area (Å²) in [7, 11) is 1.41. The third-order valence-electron chi connectivity index (χ3n) is 2.96. The third kappa shape index (κ3) is 1.78. The number of esters is 1. The number of carbonyl (C=O) groups excluding carboxylic acids is 1. The molecule has 3 rings (SSSR count). The number of para-hydroxylation sites is 1. The number of thiophene rings is 1. The van der Waals surface area contributed by atoms with E-state index in [9.17, 15) is 4.79 Å². The molecule has 1 aliphatic heterocycles. The molecule has 1 aromatic heterocycles. The minimum Gasteiger partial charge on any atom is -0.493 e. The molecule has 0 bridgehead atoms. The Labute approximate surface area is 109 Å². The van der Waals surface area contributed by atoms with Gasteiger partial charge >= 0.3 is 5.97 Å². The van der Waals surface area contributed by atoms with Crippen molar-refractivity contribution in [2.75, 3.05) is 13.7 Å².